The largest absolute Gasteiger partial charge is 0.325 e. The summed E-state index contributed by atoms with van der Waals surface area (Å²) in [5.74, 6) is 0.186. The van der Waals surface area contributed by atoms with E-state index in [0.717, 1.165) is 49.9 Å². The number of benzene rings is 1. The molecule has 0 radical (unpaired) electrons. The Balaban J connectivity index is 1.23. The molecule has 32 heavy (non-hydrogen) atoms. The smallest absolute Gasteiger partial charge is 0.155 e. The highest BCUT2D eigenvalue weighted by atomic mass is 16.1. The van der Waals surface area contributed by atoms with E-state index in [2.05, 4.69) is 50.9 Å². The van der Waals surface area contributed by atoms with Gasteiger partial charge in [-0.05, 0) is 60.4 Å². The first-order chi connectivity index (χ1) is 15.8. The summed E-state index contributed by atoms with van der Waals surface area (Å²) >= 11 is 0. The second kappa shape index (κ2) is 11.2. The molecule has 0 saturated carbocycles. The molecule has 0 spiro atoms. The number of pyridine rings is 2. The van der Waals surface area contributed by atoms with Gasteiger partial charge in [-0.25, -0.2) is 4.98 Å². The Morgan fingerprint density at radius 2 is 1.69 bits per heavy atom. The Bertz CT molecular complexity index is 1160. The number of aromatic nitrogens is 3. The number of nitrogens with zero attached hydrogens (tertiary/aromatic N) is 3. The molecule has 0 atom stereocenters. The minimum Gasteiger partial charge on any atom is -0.325 e. The first-order valence-corrected chi connectivity index (χ1v) is 11.4. The van der Waals surface area contributed by atoms with Crippen molar-refractivity contribution in [3.8, 4) is 11.3 Å². The minimum atomic E-state index is 0.186. The molecule has 0 bridgehead atoms. The Labute approximate surface area is 189 Å². The average Bonchev–Trinajstić information content (AvgIpc) is 3.22. The van der Waals surface area contributed by atoms with E-state index in [0.29, 0.717) is 6.42 Å². The molecule has 4 aromatic rings. The Morgan fingerprint density at radius 1 is 0.875 bits per heavy atom. The van der Waals surface area contributed by atoms with Crippen LogP contribution in [-0.2, 0) is 11.3 Å². The van der Waals surface area contributed by atoms with Crippen LogP contribution in [0.25, 0.3) is 28.4 Å². The number of aryl methyl sites for hydroxylation is 1. The molecule has 0 fully saturated rings. The van der Waals surface area contributed by atoms with E-state index in [1.807, 2.05) is 36.5 Å². The van der Waals surface area contributed by atoms with E-state index >= 15 is 0 Å². The van der Waals surface area contributed by atoms with Gasteiger partial charge in [-0.3, -0.25) is 9.78 Å². The zero-order valence-corrected chi connectivity index (χ0v) is 18.4. The summed E-state index contributed by atoms with van der Waals surface area (Å²) in [7, 11) is 0. The maximum Gasteiger partial charge on any atom is 0.155 e. The lowest BCUT2D eigenvalue weighted by Crippen LogP contribution is -2.01. The predicted molar refractivity (Wildman–Crippen MR) is 131 cm³/mol. The van der Waals surface area contributed by atoms with Gasteiger partial charge in [0, 0.05) is 36.9 Å². The number of ketones is 1. The lowest BCUT2D eigenvalue weighted by Gasteiger charge is -2.10. The van der Waals surface area contributed by atoms with Crippen LogP contribution < -0.4 is 0 Å². The zero-order valence-electron chi connectivity index (χ0n) is 18.4. The van der Waals surface area contributed by atoms with E-state index in [1.165, 1.54) is 16.6 Å². The maximum absolute atomic E-state index is 12.0. The van der Waals surface area contributed by atoms with Crippen LogP contribution in [0.3, 0.4) is 0 Å². The van der Waals surface area contributed by atoms with Crippen LogP contribution in [0.2, 0.25) is 0 Å². The van der Waals surface area contributed by atoms with Crippen LogP contribution in [0.4, 0.5) is 0 Å². The molecule has 0 aliphatic heterocycles. The fraction of sp³-hybridized carbons (Fsp3) is 0.250. The number of unbranched alkanes of at least 4 members (excludes halogenated alkanes) is 4. The van der Waals surface area contributed by atoms with E-state index in [4.69, 9.17) is 0 Å². The summed E-state index contributed by atoms with van der Waals surface area (Å²) in [4.78, 5) is 20.7. The van der Waals surface area contributed by atoms with Crippen LogP contribution in [-0.4, -0.2) is 20.3 Å². The van der Waals surface area contributed by atoms with Gasteiger partial charge in [0.05, 0.1) is 5.69 Å². The Morgan fingerprint density at radius 3 is 2.53 bits per heavy atom. The van der Waals surface area contributed by atoms with Gasteiger partial charge in [0.2, 0.25) is 0 Å². The van der Waals surface area contributed by atoms with Crippen molar-refractivity contribution in [3.05, 3.63) is 90.9 Å². The molecule has 1 aromatic carbocycles. The highest BCUT2D eigenvalue weighted by Gasteiger charge is 2.11. The van der Waals surface area contributed by atoms with Gasteiger partial charge < -0.3 is 4.57 Å². The van der Waals surface area contributed by atoms with Gasteiger partial charge in [-0.15, -0.1) is 0 Å². The molecule has 0 aliphatic rings. The molecule has 0 unspecified atom stereocenters. The summed E-state index contributed by atoms with van der Waals surface area (Å²) in [6.45, 7) is 0.956. The Kier molecular flexibility index (Phi) is 7.59. The van der Waals surface area contributed by atoms with Crippen LogP contribution in [0.1, 0.15) is 44.1 Å². The molecule has 162 valence electrons. The second-order valence-corrected chi connectivity index (χ2v) is 8.07. The number of fused-ring (bicyclic) bond motifs is 1. The average molecular weight is 424 g/mol. The first-order valence-electron chi connectivity index (χ1n) is 11.4. The van der Waals surface area contributed by atoms with Crippen molar-refractivity contribution in [2.24, 2.45) is 0 Å². The van der Waals surface area contributed by atoms with Crippen molar-refractivity contribution in [1.29, 1.82) is 0 Å². The van der Waals surface area contributed by atoms with Crippen LogP contribution in [0, 0.1) is 0 Å². The van der Waals surface area contributed by atoms with Gasteiger partial charge in [0.25, 0.3) is 0 Å². The van der Waals surface area contributed by atoms with Crippen molar-refractivity contribution in [2.75, 3.05) is 0 Å². The number of hydrogen-bond donors (Lipinski definition) is 0. The normalized spacial score (nSPS) is 11.4. The number of allylic oxidation sites excluding steroid dienone is 1. The first kappa shape index (κ1) is 21.7. The van der Waals surface area contributed by atoms with Crippen LogP contribution >= 0.6 is 0 Å². The zero-order chi connectivity index (χ0) is 22.0. The molecule has 4 nitrogen and oxygen atoms in total. The minimum absolute atomic E-state index is 0.186. The number of hydrogen-bond acceptors (Lipinski definition) is 3. The summed E-state index contributed by atoms with van der Waals surface area (Å²) in [6, 6.07) is 20.7. The summed E-state index contributed by atoms with van der Waals surface area (Å²) in [6.07, 6.45) is 14.9. The van der Waals surface area contributed by atoms with E-state index in [-0.39, 0.29) is 5.78 Å². The summed E-state index contributed by atoms with van der Waals surface area (Å²) in [5, 5.41) is 1.18. The number of carbonyl (C=O) groups excluding carboxylic acids is 1. The van der Waals surface area contributed by atoms with Gasteiger partial charge in [0.15, 0.2) is 5.78 Å². The fourth-order valence-electron chi connectivity index (χ4n) is 4.01. The van der Waals surface area contributed by atoms with Crippen molar-refractivity contribution < 1.29 is 4.79 Å². The second-order valence-electron chi connectivity index (χ2n) is 8.07. The lowest BCUT2D eigenvalue weighted by molar-refractivity contribution is -0.114. The number of rotatable bonds is 11. The highest BCUT2D eigenvalue weighted by molar-refractivity contribution is 5.93. The molecule has 0 aliphatic carbocycles. The van der Waals surface area contributed by atoms with Crippen molar-refractivity contribution in [1.82, 2.24) is 14.5 Å². The third-order valence-corrected chi connectivity index (χ3v) is 5.68. The summed E-state index contributed by atoms with van der Waals surface area (Å²) in [5.41, 5.74) is 4.47. The van der Waals surface area contributed by atoms with Crippen molar-refractivity contribution >= 4 is 22.9 Å². The van der Waals surface area contributed by atoms with Crippen molar-refractivity contribution in [3.63, 3.8) is 0 Å². The highest BCUT2D eigenvalue weighted by Crippen LogP contribution is 2.27. The topological polar surface area (TPSA) is 47.8 Å². The molecule has 0 amide bonds. The van der Waals surface area contributed by atoms with E-state index < -0.39 is 0 Å². The third kappa shape index (κ3) is 5.79. The van der Waals surface area contributed by atoms with E-state index in [9.17, 15) is 4.79 Å². The molecule has 4 heteroatoms. The lowest BCUT2D eigenvalue weighted by atomic mass is 10.1. The molecule has 0 saturated heterocycles. The third-order valence-electron chi connectivity index (χ3n) is 5.68. The van der Waals surface area contributed by atoms with Gasteiger partial charge >= 0.3 is 0 Å². The number of carbonyl (C=O) groups is 1. The molecular weight excluding hydrogens is 394 g/mol. The van der Waals surface area contributed by atoms with Gasteiger partial charge in [0.1, 0.15) is 5.65 Å². The van der Waals surface area contributed by atoms with Crippen LogP contribution in [0.15, 0.2) is 85.3 Å². The van der Waals surface area contributed by atoms with Crippen molar-refractivity contribution in [2.45, 2.75) is 45.1 Å². The molecule has 3 heterocycles. The molecule has 4 rings (SSSR count). The standard InChI is InChI=1S/C28H29N3O/c32-26(17-16-23-11-9-18-29-22-23)15-7-2-1-3-8-20-31-27(24-12-5-4-6-13-24)21-25-14-10-19-30-28(25)31/h4-6,9-14,16-19,21-22H,1-3,7-8,15,20H2/b17-16+. The summed E-state index contributed by atoms with van der Waals surface area (Å²) < 4.78 is 2.34. The monoisotopic (exact) mass is 423 g/mol. The van der Waals surface area contributed by atoms with Gasteiger partial charge in [-0.1, -0.05) is 55.7 Å². The maximum atomic E-state index is 12.0. The van der Waals surface area contributed by atoms with E-state index in [1.54, 1.807) is 18.5 Å². The quantitative estimate of drug-likeness (QED) is 0.199. The predicted octanol–water partition coefficient (Wildman–Crippen LogP) is 6.72. The fourth-order valence-corrected chi connectivity index (χ4v) is 4.01. The molecular formula is C28H29N3O. The van der Waals surface area contributed by atoms with Crippen LogP contribution in [0.5, 0.6) is 0 Å². The SMILES string of the molecule is O=C(/C=C/c1cccnc1)CCCCCCCn1c(-c2ccccc2)cc2cccnc21. The Hall–Kier alpha value is -3.53. The van der Waals surface area contributed by atoms with Gasteiger partial charge in [-0.2, -0.15) is 0 Å². The molecule has 0 N–H and O–H groups in total. The molecule has 3 aromatic heterocycles.